The Kier molecular flexibility index (Phi) is 6.56. The molecule has 0 saturated carbocycles. The molecule has 2 nitrogen and oxygen atoms in total. The second-order valence-electron chi connectivity index (χ2n) is 5.83. The Hall–Kier alpha value is -1.00. The lowest BCUT2D eigenvalue weighted by Gasteiger charge is -2.21. The maximum atomic E-state index is 13.9. The highest BCUT2D eigenvalue weighted by atomic mass is 32.2. The molecule has 1 aromatic carbocycles. The quantitative estimate of drug-likeness (QED) is 0.847. The Morgan fingerprint density at radius 2 is 1.95 bits per heavy atom. The molecule has 0 aliphatic heterocycles. The topological polar surface area (TPSA) is 29.1 Å². The fourth-order valence-electron chi connectivity index (χ4n) is 1.59. The summed E-state index contributed by atoms with van der Waals surface area (Å²) in [6.07, 6.45) is 3.03. The van der Waals surface area contributed by atoms with E-state index in [1.165, 1.54) is 5.56 Å². The van der Waals surface area contributed by atoms with Gasteiger partial charge in [0.15, 0.2) is 0 Å². The van der Waals surface area contributed by atoms with Gasteiger partial charge in [-0.15, -0.1) is 0 Å². The van der Waals surface area contributed by atoms with E-state index in [2.05, 4.69) is 4.72 Å². The number of halogens is 1. The zero-order chi connectivity index (χ0) is 15.2. The Morgan fingerprint density at radius 1 is 1.35 bits per heavy atom. The average Bonchev–Trinajstić information content (AvgIpc) is 2.38. The van der Waals surface area contributed by atoms with Gasteiger partial charge in [-0.05, 0) is 46.1 Å². The first-order valence-corrected chi connectivity index (χ1v) is 8.03. The van der Waals surface area contributed by atoms with E-state index >= 15 is 0 Å². The number of benzene rings is 1. The van der Waals surface area contributed by atoms with Gasteiger partial charge < -0.3 is 0 Å². The molecule has 0 aliphatic carbocycles. The van der Waals surface area contributed by atoms with Gasteiger partial charge in [-0.1, -0.05) is 36.4 Å². The van der Waals surface area contributed by atoms with Gasteiger partial charge in [0.2, 0.25) is 0 Å². The second kappa shape index (κ2) is 7.70. The molecule has 1 N–H and O–H groups in total. The summed E-state index contributed by atoms with van der Waals surface area (Å²) < 4.78 is 28.2. The first kappa shape index (κ1) is 17.1. The number of aryl methyl sites for hydroxylation is 1. The van der Waals surface area contributed by atoms with Crippen molar-refractivity contribution < 1.29 is 8.60 Å². The Bertz CT molecular complexity index is 465. The number of rotatable bonds is 6. The maximum absolute atomic E-state index is 13.9. The van der Waals surface area contributed by atoms with Crippen LogP contribution < -0.4 is 4.72 Å². The molecular formula is C16H24FNOS. The number of allylic oxidation sites excluding steroid dienone is 1. The second-order valence-corrected chi connectivity index (χ2v) is 7.83. The molecule has 20 heavy (non-hydrogen) atoms. The van der Waals surface area contributed by atoms with E-state index in [-0.39, 0.29) is 5.83 Å². The SMILES string of the molecule is C[C@@H](NS(=O)C(C)(C)C)/C(F)=C/CCc1ccccc1. The lowest BCUT2D eigenvalue weighted by atomic mass is 10.1. The van der Waals surface area contributed by atoms with Crippen LogP contribution in [0.25, 0.3) is 0 Å². The van der Waals surface area contributed by atoms with Crippen molar-refractivity contribution in [2.45, 2.75) is 51.3 Å². The summed E-state index contributed by atoms with van der Waals surface area (Å²) in [6, 6.07) is 9.46. The molecule has 0 spiro atoms. The molecule has 0 bridgehead atoms. The average molecular weight is 297 g/mol. The Morgan fingerprint density at radius 3 is 2.50 bits per heavy atom. The molecule has 2 atom stereocenters. The number of hydrogen-bond acceptors (Lipinski definition) is 1. The molecule has 4 heteroatoms. The molecule has 0 saturated heterocycles. The molecule has 1 rings (SSSR count). The summed E-state index contributed by atoms with van der Waals surface area (Å²) in [6.45, 7) is 7.28. The largest absolute Gasteiger partial charge is 0.242 e. The van der Waals surface area contributed by atoms with E-state index in [4.69, 9.17) is 0 Å². The zero-order valence-electron chi connectivity index (χ0n) is 12.7. The molecular weight excluding hydrogens is 273 g/mol. The Balaban J connectivity index is 2.46. The molecule has 0 aromatic heterocycles. The van der Waals surface area contributed by atoms with E-state index in [0.29, 0.717) is 6.42 Å². The third-order valence-electron chi connectivity index (χ3n) is 2.87. The smallest absolute Gasteiger partial charge is 0.114 e. The van der Waals surface area contributed by atoms with Crippen molar-refractivity contribution in [1.82, 2.24) is 4.72 Å². The van der Waals surface area contributed by atoms with Crippen LogP contribution >= 0.6 is 0 Å². The fourth-order valence-corrected chi connectivity index (χ4v) is 2.38. The third-order valence-corrected chi connectivity index (χ3v) is 4.55. The maximum Gasteiger partial charge on any atom is 0.114 e. The highest BCUT2D eigenvalue weighted by Crippen LogP contribution is 2.13. The molecule has 112 valence electrons. The van der Waals surface area contributed by atoms with Crippen LogP contribution in [-0.2, 0) is 17.4 Å². The van der Waals surface area contributed by atoms with Crippen LogP contribution in [0.3, 0.4) is 0 Å². The first-order valence-electron chi connectivity index (χ1n) is 6.88. The normalized spacial score (nSPS) is 15.9. The minimum absolute atomic E-state index is 0.251. The summed E-state index contributed by atoms with van der Waals surface area (Å²) >= 11 is 0. The Labute approximate surface area is 124 Å². The molecule has 0 radical (unpaired) electrons. The standard InChI is InChI=1S/C16H24FNOS/c1-13(18-20(19)16(2,3)4)15(17)12-8-11-14-9-6-5-7-10-14/h5-7,9-10,12-13,18H,8,11H2,1-4H3/b15-12-/t13-,20?/m1/s1. The summed E-state index contributed by atoms with van der Waals surface area (Å²) in [7, 11) is -1.26. The predicted molar refractivity (Wildman–Crippen MR) is 84.4 cm³/mol. The number of nitrogens with one attached hydrogen (secondary N) is 1. The molecule has 0 heterocycles. The van der Waals surface area contributed by atoms with E-state index in [1.54, 1.807) is 13.0 Å². The van der Waals surface area contributed by atoms with Crippen LogP contribution in [0.1, 0.15) is 39.7 Å². The van der Waals surface area contributed by atoms with Crippen molar-refractivity contribution in [1.29, 1.82) is 0 Å². The van der Waals surface area contributed by atoms with Crippen molar-refractivity contribution in [2.75, 3.05) is 0 Å². The van der Waals surface area contributed by atoms with E-state index in [0.717, 1.165) is 6.42 Å². The zero-order valence-corrected chi connectivity index (χ0v) is 13.5. The molecule has 0 amide bonds. The van der Waals surface area contributed by atoms with Crippen LogP contribution in [0.5, 0.6) is 0 Å². The van der Waals surface area contributed by atoms with Crippen molar-refractivity contribution in [3.05, 3.63) is 47.8 Å². The number of hydrogen-bond donors (Lipinski definition) is 1. The minimum Gasteiger partial charge on any atom is -0.242 e. The summed E-state index contributed by atoms with van der Waals surface area (Å²) in [5.41, 5.74) is 1.19. The van der Waals surface area contributed by atoms with Gasteiger partial charge in [0.1, 0.15) is 5.83 Å². The van der Waals surface area contributed by atoms with Crippen LogP contribution in [0.15, 0.2) is 42.2 Å². The summed E-state index contributed by atoms with van der Waals surface area (Å²) in [5, 5.41) is 0. The van der Waals surface area contributed by atoms with Gasteiger partial charge >= 0.3 is 0 Å². The van der Waals surface area contributed by atoms with Crippen molar-refractivity contribution in [3.8, 4) is 0 Å². The van der Waals surface area contributed by atoms with Crippen molar-refractivity contribution in [3.63, 3.8) is 0 Å². The minimum atomic E-state index is -1.26. The fraction of sp³-hybridized carbons (Fsp3) is 0.500. The molecule has 0 aliphatic rings. The van der Waals surface area contributed by atoms with Gasteiger partial charge in [-0.25, -0.2) is 13.3 Å². The van der Waals surface area contributed by atoms with Gasteiger partial charge in [-0.2, -0.15) is 0 Å². The molecule has 1 unspecified atom stereocenters. The van der Waals surface area contributed by atoms with Gasteiger partial charge in [0, 0.05) is 0 Å². The van der Waals surface area contributed by atoms with Gasteiger partial charge in [0.05, 0.1) is 21.8 Å². The summed E-state index contributed by atoms with van der Waals surface area (Å²) in [4.78, 5) is 0. The third kappa shape index (κ3) is 5.97. The van der Waals surface area contributed by atoms with E-state index < -0.39 is 21.8 Å². The van der Waals surface area contributed by atoms with Crippen molar-refractivity contribution >= 4 is 11.0 Å². The predicted octanol–water partition coefficient (Wildman–Crippen LogP) is 3.91. The lowest BCUT2D eigenvalue weighted by Crippen LogP contribution is -2.38. The van der Waals surface area contributed by atoms with E-state index in [9.17, 15) is 8.60 Å². The monoisotopic (exact) mass is 297 g/mol. The lowest BCUT2D eigenvalue weighted by molar-refractivity contribution is 0.527. The van der Waals surface area contributed by atoms with Crippen molar-refractivity contribution in [2.24, 2.45) is 0 Å². The highest BCUT2D eigenvalue weighted by molar-refractivity contribution is 7.84. The van der Waals surface area contributed by atoms with Crippen LogP contribution in [-0.4, -0.2) is 15.0 Å². The first-order chi connectivity index (χ1) is 9.30. The molecule has 1 aromatic rings. The molecule has 0 fully saturated rings. The van der Waals surface area contributed by atoms with Gasteiger partial charge in [-0.3, -0.25) is 0 Å². The summed E-state index contributed by atoms with van der Waals surface area (Å²) in [5.74, 6) is -0.251. The van der Waals surface area contributed by atoms with E-state index in [1.807, 2.05) is 51.1 Å². The van der Waals surface area contributed by atoms with Crippen LogP contribution in [0.2, 0.25) is 0 Å². The van der Waals surface area contributed by atoms with Gasteiger partial charge in [0.25, 0.3) is 0 Å². The van der Waals surface area contributed by atoms with Crippen LogP contribution in [0.4, 0.5) is 4.39 Å². The van der Waals surface area contributed by atoms with Crippen LogP contribution in [0, 0.1) is 0 Å². The highest BCUT2D eigenvalue weighted by Gasteiger charge is 2.22.